The first-order valence-corrected chi connectivity index (χ1v) is 13.0. The van der Waals surface area contributed by atoms with E-state index in [1.807, 2.05) is 42.5 Å². The van der Waals surface area contributed by atoms with E-state index in [1.165, 1.54) is 22.4 Å². The van der Waals surface area contributed by atoms with Crippen molar-refractivity contribution in [2.45, 2.75) is 44.2 Å². The highest BCUT2D eigenvalue weighted by molar-refractivity contribution is 7.99. The molecule has 0 unspecified atom stereocenters. The second-order valence-electron chi connectivity index (χ2n) is 8.13. The molecule has 4 nitrogen and oxygen atoms in total. The standard InChI is InChI=1S/C26H26N2O2S2/c1-18-12-14-20(15-13-18)30-16-7-17-31-26-27-24-23(21-10-5-6-11-22(21)32-24)25(29)28(26)19-8-3-2-4-9-19/h2-4,8-9,12-15H,5-7,10-11,16-17H2,1H3. The van der Waals surface area contributed by atoms with Gasteiger partial charge in [0.25, 0.3) is 5.56 Å². The second-order valence-corrected chi connectivity index (χ2v) is 10.3. The normalized spacial score (nSPS) is 13.3. The Kier molecular flexibility index (Phi) is 6.32. The Labute approximate surface area is 196 Å². The number of para-hydroxylation sites is 1. The molecule has 1 aliphatic rings. The van der Waals surface area contributed by atoms with E-state index >= 15 is 0 Å². The molecule has 0 atom stereocenters. The zero-order valence-electron chi connectivity index (χ0n) is 18.2. The van der Waals surface area contributed by atoms with Crippen LogP contribution in [0.1, 0.15) is 35.3 Å². The number of nitrogens with zero attached hydrogens (tertiary/aromatic N) is 2. The number of aromatic nitrogens is 2. The fourth-order valence-corrected chi connectivity index (χ4v) is 6.36. The minimum Gasteiger partial charge on any atom is -0.494 e. The molecule has 0 N–H and O–H groups in total. The lowest BCUT2D eigenvalue weighted by molar-refractivity contribution is 0.318. The van der Waals surface area contributed by atoms with E-state index in [0.717, 1.165) is 58.2 Å². The third-order valence-electron chi connectivity index (χ3n) is 5.78. The number of thiophene rings is 1. The van der Waals surface area contributed by atoms with Gasteiger partial charge in [0, 0.05) is 10.6 Å². The zero-order valence-corrected chi connectivity index (χ0v) is 19.8. The lowest BCUT2D eigenvalue weighted by atomic mass is 9.97. The fourth-order valence-electron chi connectivity index (χ4n) is 4.13. The number of rotatable bonds is 7. The first kappa shape index (κ1) is 21.3. The van der Waals surface area contributed by atoms with Crippen LogP contribution in [0.15, 0.2) is 64.5 Å². The van der Waals surface area contributed by atoms with Crippen molar-refractivity contribution in [3.63, 3.8) is 0 Å². The summed E-state index contributed by atoms with van der Waals surface area (Å²) in [5.74, 6) is 1.73. The van der Waals surface area contributed by atoms with Crippen LogP contribution >= 0.6 is 23.1 Å². The van der Waals surface area contributed by atoms with E-state index in [9.17, 15) is 4.79 Å². The molecule has 0 fully saturated rings. The predicted octanol–water partition coefficient (Wildman–Crippen LogP) is 6.20. The molecule has 0 bridgehead atoms. The first-order chi connectivity index (χ1) is 15.7. The highest BCUT2D eigenvalue weighted by Crippen LogP contribution is 2.35. The van der Waals surface area contributed by atoms with Crippen molar-refractivity contribution in [3.05, 3.63) is 81.0 Å². The van der Waals surface area contributed by atoms with Crippen LogP contribution in [0.3, 0.4) is 0 Å². The highest BCUT2D eigenvalue weighted by Gasteiger charge is 2.22. The molecule has 164 valence electrons. The quantitative estimate of drug-likeness (QED) is 0.186. The largest absolute Gasteiger partial charge is 0.494 e. The lowest BCUT2D eigenvalue weighted by Gasteiger charge is -2.13. The van der Waals surface area contributed by atoms with Crippen LogP contribution < -0.4 is 10.3 Å². The monoisotopic (exact) mass is 462 g/mol. The first-order valence-electron chi connectivity index (χ1n) is 11.2. The van der Waals surface area contributed by atoms with Crippen molar-refractivity contribution in [1.82, 2.24) is 9.55 Å². The van der Waals surface area contributed by atoms with Crippen molar-refractivity contribution in [1.29, 1.82) is 0 Å². The summed E-state index contributed by atoms with van der Waals surface area (Å²) in [5.41, 5.74) is 3.41. The summed E-state index contributed by atoms with van der Waals surface area (Å²) in [7, 11) is 0. The summed E-state index contributed by atoms with van der Waals surface area (Å²) in [4.78, 5) is 20.9. The minimum atomic E-state index is 0.0685. The summed E-state index contributed by atoms with van der Waals surface area (Å²) < 4.78 is 7.66. The Morgan fingerprint density at radius 2 is 1.84 bits per heavy atom. The van der Waals surface area contributed by atoms with E-state index in [2.05, 4.69) is 19.1 Å². The van der Waals surface area contributed by atoms with Gasteiger partial charge in [0.05, 0.1) is 17.7 Å². The van der Waals surface area contributed by atoms with Gasteiger partial charge < -0.3 is 4.74 Å². The number of hydrogen-bond acceptors (Lipinski definition) is 5. The molecule has 2 heterocycles. The van der Waals surface area contributed by atoms with Crippen molar-refractivity contribution >= 4 is 33.3 Å². The fraction of sp³-hybridized carbons (Fsp3) is 0.308. The number of hydrogen-bond donors (Lipinski definition) is 0. The Hall–Kier alpha value is -2.57. The van der Waals surface area contributed by atoms with Crippen LogP contribution in [0.4, 0.5) is 0 Å². The Balaban J connectivity index is 1.40. The minimum absolute atomic E-state index is 0.0685. The molecule has 4 aromatic rings. The van der Waals surface area contributed by atoms with Crippen molar-refractivity contribution in [2.24, 2.45) is 0 Å². The third-order valence-corrected chi connectivity index (χ3v) is 7.99. The summed E-state index contributed by atoms with van der Waals surface area (Å²) in [6, 6.07) is 18.0. The van der Waals surface area contributed by atoms with Gasteiger partial charge in [-0.25, -0.2) is 4.98 Å². The number of benzene rings is 2. The molecular weight excluding hydrogens is 436 g/mol. The van der Waals surface area contributed by atoms with Crippen molar-refractivity contribution < 1.29 is 4.74 Å². The maximum atomic E-state index is 13.7. The molecular formula is C26H26N2O2S2. The van der Waals surface area contributed by atoms with Crippen molar-refractivity contribution in [2.75, 3.05) is 12.4 Å². The molecule has 0 saturated carbocycles. The molecule has 5 rings (SSSR count). The maximum absolute atomic E-state index is 13.7. The van der Waals surface area contributed by atoms with Gasteiger partial charge in [0.1, 0.15) is 10.6 Å². The van der Waals surface area contributed by atoms with E-state index < -0.39 is 0 Å². The van der Waals surface area contributed by atoms with E-state index in [4.69, 9.17) is 9.72 Å². The molecule has 0 saturated heterocycles. The van der Waals surface area contributed by atoms with Crippen LogP contribution in [-0.2, 0) is 12.8 Å². The Morgan fingerprint density at radius 3 is 2.66 bits per heavy atom. The van der Waals surface area contributed by atoms with Gasteiger partial charge >= 0.3 is 0 Å². The highest BCUT2D eigenvalue weighted by atomic mass is 32.2. The predicted molar refractivity (Wildman–Crippen MR) is 134 cm³/mol. The molecule has 2 aromatic carbocycles. The number of thioether (sulfide) groups is 1. The average Bonchev–Trinajstić information content (AvgIpc) is 3.19. The second kappa shape index (κ2) is 9.51. The molecule has 0 amide bonds. The van der Waals surface area contributed by atoms with Gasteiger partial charge in [-0.1, -0.05) is 47.7 Å². The van der Waals surface area contributed by atoms with Gasteiger partial charge in [-0.15, -0.1) is 11.3 Å². The summed E-state index contributed by atoms with van der Waals surface area (Å²) >= 11 is 3.34. The van der Waals surface area contributed by atoms with E-state index in [1.54, 1.807) is 27.7 Å². The average molecular weight is 463 g/mol. The third kappa shape index (κ3) is 4.34. The van der Waals surface area contributed by atoms with Gasteiger partial charge in [-0.3, -0.25) is 9.36 Å². The zero-order chi connectivity index (χ0) is 21.9. The summed E-state index contributed by atoms with van der Waals surface area (Å²) in [6.07, 6.45) is 5.29. The smallest absolute Gasteiger partial charge is 0.267 e. The van der Waals surface area contributed by atoms with Crippen LogP contribution in [0, 0.1) is 6.92 Å². The number of fused-ring (bicyclic) bond motifs is 3. The molecule has 6 heteroatoms. The molecule has 0 radical (unpaired) electrons. The molecule has 0 spiro atoms. The molecule has 0 aliphatic heterocycles. The molecule has 2 aromatic heterocycles. The van der Waals surface area contributed by atoms with Gasteiger partial charge in [-0.05, 0) is 68.9 Å². The van der Waals surface area contributed by atoms with E-state index in [0.29, 0.717) is 6.61 Å². The maximum Gasteiger partial charge on any atom is 0.267 e. The Bertz CT molecular complexity index is 1280. The molecule has 1 aliphatic carbocycles. The topological polar surface area (TPSA) is 44.1 Å². The number of ether oxygens (including phenoxy) is 1. The summed E-state index contributed by atoms with van der Waals surface area (Å²) in [6.45, 7) is 2.71. The lowest BCUT2D eigenvalue weighted by Crippen LogP contribution is -2.22. The van der Waals surface area contributed by atoms with Crippen molar-refractivity contribution in [3.8, 4) is 11.4 Å². The van der Waals surface area contributed by atoms with E-state index in [-0.39, 0.29) is 5.56 Å². The summed E-state index contributed by atoms with van der Waals surface area (Å²) in [5, 5.41) is 1.60. The Morgan fingerprint density at radius 1 is 1.06 bits per heavy atom. The number of aryl methyl sites for hydroxylation is 3. The van der Waals surface area contributed by atoms with Gasteiger partial charge in [0.15, 0.2) is 5.16 Å². The van der Waals surface area contributed by atoms with Crippen LogP contribution in [0.2, 0.25) is 0 Å². The van der Waals surface area contributed by atoms with Crippen LogP contribution in [-0.4, -0.2) is 21.9 Å². The SMILES string of the molecule is Cc1ccc(OCCCSc2nc3sc4c(c3c(=O)n2-c2ccccc2)CCCC4)cc1. The van der Waals surface area contributed by atoms with Crippen LogP contribution in [0.25, 0.3) is 15.9 Å². The van der Waals surface area contributed by atoms with Gasteiger partial charge in [0.2, 0.25) is 0 Å². The van der Waals surface area contributed by atoms with Crippen LogP contribution in [0.5, 0.6) is 5.75 Å². The molecule has 32 heavy (non-hydrogen) atoms. The van der Waals surface area contributed by atoms with Gasteiger partial charge in [-0.2, -0.15) is 0 Å².